The second-order valence-electron chi connectivity index (χ2n) is 7.89. The Morgan fingerprint density at radius 3 is 2.61 bits per heavy atom. The number of fused-ring (bicyclic) bond motifs is 1. The Bertz CT molecular complexity index is 1170. The van der Waals surface area contributed by atoms with Crippen molar-refractivity contribution in [2.45, 2.75) is 32.7 Å². The Morgan fingerprint density at radius 2 is 2.00 bits per heavy atom. The maximum Gasteiger partial charge on any atom is 0.267 e. The van der Waals surface area contributed by atoms with E-state index in [-0.39, 0.29) is 29.3 Å². The number of anilines is 1. The molecular formula is C21H23N5O3S2. The lowest BCUT2D eigenvalue weighted by Crippen LogP contribution is -2.40. The lowest BCUT2D eigenvalue weighted by atomic mass is 9.96. The van der Waals surface area contributed by atoms with Gasteiger partial charge in [-0.1, -0.05) is 30.0 Å². The number of rotatable bonds is 4. The number of primary amides is 1. The average molecular weight is 458 g/mol. The van der Waals surface area contributed by atoms with Gasteiger partial charge in [-0.05, 0) is 44.9 Å². The standard InChI is InChI=1S/C21H23N5O3S2/c1-12(2)26-20(29)15(31-21(26)30)11-14-18(24-9-6-13(7-10-24)17(22)27)23-16-5-3-4-8-25(16)19(14)28/h3-5,8,11-13H,6-7,9-10H2,1-2H3,(H2,22,27)/b15-11-. The van der Waals surface area contributed by atoms with Crippen molar-refractivity contribution in [3.8, 4) is 0 Å². The summed E-state index contributed by atoms with van der Waals surface area (Å²) in [5.74, 6) is -0.179. The summed E-state index contributed by atoms with van der Waals surface area (Å²) in [4.78, 5) is 46.5. The molecule has 0 atom stereocenters. The van der Waals surface area contributed by atoms with E-state index in [0.29, 0.717) is 52.2 Å². The molecule has 0 aromatic carbocycles. The van der Waals surface area contributed by atoms with E-state index in [0.717, 1.165) is 0 Å². The lowest BCUT2D eigenvalue weighted by Gasteiger charge is -2.32. The van der Waals surface area contributed by atoms with Gasteiger partial charge in [0.05, 0.1) is 10.5 Å². The molecule has 10 heteroatoms. The van der Waals surface area contributed by atoms with Gasteiger partial charge in [0.15, 0.2) is 0 Å². The smallest absolute Gasteiger partial charge is 0.267 e. The summed E-state index contributed by atoms with van der Waals surface area (Å²) in [6.45, 7) is 4.90. The molecule has 2 saturated heterocycles. The molecule has 2 aromatic rings. The highest BCUT2D eigenvalue weighted by molar-refractivity contribution is 8.26. The molecule has 4 rings (SSSR count). The van der Waals surface area contributed by atoms with E-state index in [2.05, 4.69) is 0 Å². The van der Waals surface area contributed by atoms with E-state index in [1.165, 1.54) is 16.2 Å². The number of amides is 2. The van der Waals surface area contributed by atoms with Crippen LogP contribution >= 0.6 is 24.0 Å². The fraction of sp³-hybridized carbons (Fsp3) is 0.381. The highest BCUT2D eigenvalue weighted by Gasteiger charge is 2.35. The predicted octanol–water partition coefficient (Wildman–Crippen LogP) is 2.01. The van der Waals surface area contributed by atoms with E-state index in [9.17, 15) is 14.4 Å². The van der Waals surface area contributed by atoms with Crippen LogP contribution in [0.3, 0.4) is 0 Å². The number of pyridine rings is 1. The van der Waals surface area contributed by atoms with Crippen LogP contribution in [0.25, 0.3) is 11.7 Å². The number of aromatic nitrogens is 2. The van der Waals surface area contributed by atoms with E-state index in [1.54, 1.807) is 29.3 Å². The van der Waals surface area contributed by atoms with Crippen LogP contribution in [0, 0.1) is 5.92 Å². The molecule has 2 amide bonds. The van der Waals surface area contributed by atoms with E-state index in [4.69, 9.17) is 22.9 Å². The van der Waals surface area contributed by atoms with Gasteiger partial charge in [-0.25, -0.2) is 4.98 Å². The number of carbonyl (C=O) groups is 2. The Morgan fingerprint density at radius 1 is 1.29 bits per heavy atom. The molecule has 0 spiro atoms. The molecule has 8 nitrogen and oxygen atoms in total. The van der Waals surface area contributed by atoms with Gasteiger partial charge in [0.2, 0.25) is 5.91 Å². The first kappa shape index (κ1) is 21.5. The van der Waals surface area contributed by atoms with Crippen molar-refractivity contribution in [1.29, 1.82) is 0 Å². The first-order chi connectivity index (χ1) is 14.8. The summed E-state index contributed by atoms with van der Waals surface area (Å²) in [6, 6.07) is 5.28. The Hall–Kier alpha value is -2.72. The molecule has 31 heavy (non-hydrogen) atoms. The van der Waals surface area contributed by atoms with Gasteiger partial charge in [0.1, 0.15) is 15.8 Å². The van der Waals surface area contributed by atoms with Crippen molar-refractivity contribution >= 4 is 57.7 Å². The third-order valence-electron chi connectivity index (χ3n) is 5.56. The molecule has 0 radical (unpaired) electrons. The van der Waals surface area contributed by atoms with Crippen molar-refractivity contribution in [3.05, 3.63) is 45.2 Å². The van der Waals surface area contributed by atoms with Crippen molar-refractivity contribution < 1.29 is 9.59 Å². The van der Waals surface area contributed by atoms with Crippen molar-refractivity contribution in [1.82, 2.24) is 14.3 Å². The minimum Gasteiger partial charge on any atom is -0.369 e. The average Bonchev–Trinajstić information content (AvgIpc) is 3.03. The second kappa shape index (κ2) is 8.43. The topological polar surface area (TPSA) is 101 Å². The van der Waals surface area contributed by atoms with Gasteiger partial charge in [-0.3, -0.25) is 23.7 Å². The third-order valence-corrected chi connectivity index (χ3v) is 6.89. The van der Waals surface area contributed by atoms with Gasteiger partial charge in [-0.15, -0.1) is 0 Å². The number of nitrogens with zero attached hydrogens (tertiary/aromatic N) is 4. The highest BCUT2D eigenvalue weighted by atomic mass is 32.2. The van der Waals surface area contributed by atoms with Gasteiger partial charge >= 0.3 is 0 Å². The summed E-state index contributed by atoms with van der Waals surface area (Å²) in [5, 5.41) is 0. The molecular weight excluding hydrogens is 434 g/mol. The van der Waals surface area contributed by atoms with Crippen LogP contribution in [0.2, 0.25) is 0 Å². The molecule has 162 valence electrons. The predicted molar refractivity (Wildman–Crippen MR) is 126 cm³/mol. The zero-order chi connectivity index (χ0) is 22.3. The molecule has 2 aromatic heterocycles. The number of hydrogen-bond donors (Lipinski definition) is 1. The molecule has 0 bridgehead atoms. The summed E-state index contributed by atoms with van der Waals surface area (Å²) < 4.78 is 1.94. The largest absolute Gasteiger partial charge is 0.369 e. The van der Waals surface area contributed by atoms with Crippen LogP contribution in [0.5, 0.6) is 0 Å². The number of thiocarbonyl (C=S) groups is 1. The number of carbonyl (C=O) groups excluding carboxylic acids is 2. The van der Waals surface area contributed by atoms with E-state index < -0.39 is 0 Å². The molecule has 2 N–H and O–H groups in total. The maximum atomic E-state index is 13.4. The number of thioether (sulfide) groups is 1. The van der Waals surface area contributed by atoms with Gasteiger partial charge in [-0.2, -0.15) is 0 Å². The van der Waals surface area contributed by atoms with Crippen LogP contribution in [-0.4, -0.2) is 49.6 Å². The lowest BCUT2D eigenvalue weighted by molar-refractivity contribution is -0.123. The van der Waals surface area contributed by atoms with Gasteiger partial charge in [0.25, 0.3) is 11.5 Å². The molecule has 2 fully saturated rings. The van der Waals surface area contributed by atoms with Crippen molar-refractivity contribution in [2.24, 2.45) is 11.7 Å². The minimum absolute atomic E-state index is 0.0680. The maximum absolute atomic E-state index is 13.4. The highest BCUT2D eigenvalue weighted by Crippen LogP contribution is 2.35. The zero-order valence-corrected chi connectivity index (χ0v) is 18.9. The minimum atomic E-state index is -0.302. The van der Waals surface area contributed by atoms with Gasteiger partial charge < -0.3 is 10.6 Å². The Kier molecular flexibility index (Phi) is 5.85. The number of nitrogens with two attached hydrogens (primary N) is 1. The first-order valence-corrected chi connectivity index (χ1v) is 11.3. The van der Waals surface area contributed by atoms with Crippen molar-refractivity contribution in [3.63, 3.8) is 0 Å². The first-order valence-electron chi connectivity index (χ1n) is 10.1. The van der Waals surface area contributed by atoms with Crippen molar-refractivity contribution in [2.75, 3.05) is 18.0 Å². The molecule has 2 aliphatic heterocycles. The molecule has 4 heterocycles. The zero-order valence-electron chi connectivity index (χ0n) is 17.3. The van der Waals surface area contributed by atoms with Crippen LogP contribution in [0.4, 0.5) is 5.82 Å². The molecule has 0 unspecified atom stereocenters. The number of hydrogen-bond acceptors (Lipinski definition) is 7. The molecule has 0 saturated carbocycles. The van der Waals surface area contributed by atoms with Gasteiger partial charge in [0, 0.05) is 31.2 Å². The van der Waals surface area contributed by atoms with Crippen LogP contribution < -0.4 is 16.2 Å². The fourth-order valence-electron chi connectivity index (χ4n) is 3.89. The Labute approximate surface area is 189 Å². The van der Waals surface area contributed by atoms with Crippen LogP contribution in [-0.2, 0) is 9.59 Å². The summed E-state index contributed by atoms with van der Waals surface area (Å²) >= 11 is 6.56. The van der Waals surface area contributed by atoms with E-state index in [1.807, 2.05) is 24.8 Å². The second-order valence-corrected chi connectivity index (χ2v) is 9.57. The monoisotopic (exact) mass is 457 g/mol. The van der Waals surface area contributed by atoms with Crippen LogP contribution in [0.15, 0.2) is 34.1 Å². The molecule has 0 aliphatic carbocycles. The quantitative estimate of drug-likeness (QED) is 0.554. The summed E-state index contributed by atoms with van der Waals surface area (Å²) in [6.07, 6.45) is 4.45. The third kappa shape index (κ3) is 3.97. The fourth-order valence-corrected chi connectivity index (χ4v) is 5.40. The number of piperidine rings is 1. The van der Waals surface area contributed by atoms with Crippen LogP contribution in [0.1, 0.15) is 32.3 Å². The molecule has 2 aliphatic rings. The summed E-state index contributed by atoms with van der Waals surface area (Å²) in [5.41, 5.74) is 6.06. The SMILES string of the molecule is CC(C)N1C(=O)/C(=C/c2c(N3CCC(C(N)=O)CC3)nc3ccccn3c2=O)SC1=S. The van der Waals surface area contributed by atoms with E-state index >= 15 is 0 Å². The Balaban J connectivity index is 1.81. The summed E-state index contributed by atoms with van der Waals surface area (Å²) in [7, 11) is 0. The normalized spacial score (nSPS) is 19.3.